The summed E-state index contributed by atoms with van der Waals surface area (Å²) in [6.07, 6.45) is -5.81. The molecule has 3 amide bonds. The molecule has 1 aromatic heterocycles. The first-order chi connectivity index (χ1) is 13.3. The molecule has 3 N–H and O–H groups in total. The average Bonchev–Trinajstić information content (AvgIpc) is 2.88. The number of halogens is 2. The molecule has 1 aromatic rings. The number of hydrogen-bond donors (Lipinski definition) is 3. The van der Waals surface area contributed by atoms with Gasteiger partial charge in [0.2, 0.25) is 16.9 Å². The lowest BCUT2D eigenvalue weighted by Crippen LogP contribution is -2.53. The van der Waals surface area contributed by atoms with Gasteiger partial charge in [-0.3, -0.25) is 0 Å². The van der Waals surface area contributed by atoms with Gasteiger partial charge in [-0.2, -0.15) is 14.4 Å². The molecule has 2 rings (SSSR count). The van der Waals surface area contributed by atoms with E-state index in [1.54, 1.807) is 4.90 Å². The lowest BCUT2D eigenvalue weighted by Gasteiger charge is -2.39. The van der Waals surface area contributed by atoms with Crippen LogP contribution in [0, 0.1) is 5.82 Å². The summed E-state index contributed by atoms with van der Waals surface area (Å²) in [5.74, 6) is -2.81. The Hall–Kier alpha value is -2.93. The number of aromatic nitrogens is 2. The zero-order chi connectivity index (χ0) is 22.3. The smallest absolute Gasteiger partial charge is 0.437 e. The van der Waals surface area contributed by atoms with Crippen molar-refractivity contribution >= 4 is 41.5 Å². The number of amides is 3. The highest BCUT2D eigenvalue weighted by Crippen LogP contribution is 2.38. The number of hydrogen-bond acceptors (Lipinski definition) is 7. The van der Waals surface area contributed by atoms with Crippen LogP contribution in [0.25, 0.3) is 0 Å². The van der Waals surface area contributed by atoms with Crippen LogP contribution in [0.2, 0.25) is 5.28 Å². The van der Waals surface area contributed by atoms with Crippen LogP contribution in [0.3, 0.4) is 0 Å². The van der Waals surface area contributed by atoms with Crippen molar-refractivity contribution in [3.8, 4) is 0 Å². The van der Waals surface area contributed by atoms with Crippen molar-refractivity contribution in [2.45, 2.75) is 31.8 Å². The molecule has 0 saturated carbocycles. The van der Waals surface area contributed by atoms with Crippen LogP contribution in [0.4, 0.5) is 30.4 Å². The van der Waals surface area contributed by atoms with Crippen molar-refractivity contribution < 1.29 is 34.1 Å². The Morgan fingerprint density at radius 2 is 1.69 bits per heavy atom. The fourth-order valence-electron chi connectivity index (χ4n) is 3.58. The van der Waals surface area contributed by atoms with Crippen LogP contribution in [0.1, 0.15) is 20.3 Å². The van der Waals surface area contributed by atoms with Gasteiger partial charge in [-0.25, -0.2) is 14.4 Å². The molecule has 1 saturated heterocycles. The summed E-state index contributed by atoms with van der Waals surface area (Å²) < 4.78 is 15.3. The average molecular weight is 435 g/mol. The first-order valence-electron chi connectivity index (χ1n) is 8.26. The molecule has 1 fully saturated rings. The highest BCUT2D eigenvalue weighted by atomic mass is 35.5. The Bertz CT molecular complexity index is 839. The second-order valence-electron chi connectivity index (χ2n) is 7.00. The maximum atomic E-state index is 15.3. The van der Waals surface area contributed by atoms with Crippen molar-refractivity contribution in [1.29, 1.82) is 0 Å². The van der Waals surface area contributed by atoms with Gasteiger partial charge in [0, 0.05) is 12.6 Å². The zero-order valence-corrected chi connectivity index (χ0v) is 16.8. The monoisotopic (exact) mass is 434 g/mol. The van der Waals surface area contributed by atoms with Crippen molar-refractivity contribution in [2.24, 2.45) is 0 Å². The molecule has 1 aliphatic heterocycles. The molecule has 0 radical (unpaired) electrons. The van der Waals surface area contributed by atoms with Crippen LogP contribution in [-0.4, -0.2) is 85.7 Å². The summed E-state index contributed by atoms with van der Waals surface area (Å²) >= 11 is 5.85. The molecular formula is C15H20ClFN6O6. The minimum atomic E-state index is -2.18. The largest absolute Gasteiger partial charge is 0.463 e. The second-order valence-corrected chi connectivity index (χ2v) is 7.34. The molecule has 1 atom stereocenters. The van der Waals surface area contributed by atoms with Crippen LogP contribution in [-0.2, 0) is 0 Å². The van der Waals surface area contributed by atoms with E-state index in [1.165, 1.54) is 0 Å². The van der Waals surface area contributed by atoms with E-state index in [0.717, 1.165) is 0 Å². The number of rotatable bonds is 3. The maximum Gasteiger partial charge on any atom is 0.437 e. The van der Waals surface area contributed by atoms with Crippen LogP contribution >= 0.6 is 11.6 Å². The van der Waals surface area contributed by atoms with Gasteiger partial charge in [0.05, 0.1) is 5.54 Å². The first-order valence-corrected chi connectivity index (χ1v) is 8.64. The predicted molar refractivity (Wildman–Crippen MR) is 98.9 cm³/mol. The fourth-order valence-corrected chi connectivity index (χ4v) is 3.74. The van der Waals surface area contributed by atoms with E-state index in [0.29, 0.717) is 13.0 Å². The molecule has 29 heavy (non-hydrogen) atoms. The molecule has 1 aliphatic rings. The van der Waals surface area contributed by atoms with Gasteiger partial charge < -0.3 is 25.1 Å². The standard InChI is InChI=1S/C15H20ClFN6O6/c1-15(2)7(20(3)4)5-6-21(15)9-8(17)10(19-11(16)18-9)22(12(24)25)23(13(26)27)14(28)29/h7H,5-6H2,1-4H3,(H,24,25)(H,26,27)(H,28,29). The van der Waals surface area contributed by atoms with Crippen molar-refractivity contribution in [1.82, 2.24) is 19.9 Å². The summed E-state index contributed by atoms with van der Waals surface area (Å²) in [7, 11) is 3.71. The Morgan fingerprint density at radius 1 is 1.14 bits per heavy atom. The highest BCUT2D eigenvalue weighted by molar-refractivity contribution is 6.28. The molecule has 0 bridgehead atoms. The summed E-state index contributed by atoms with van der Waals surface area (Å²) in [6, 6.07) is -0.01000. The number of hydrazine groups is 1. The lowest BCUT2D eigenvalue weighted by molar-refractivity contribution is 0.112. The fraction of sp³-hybridized carbons (Fsp3) is 0.533. The minimum absolute atomic E-state index is 0.01000. The summed E-state index contributed by atoms with van der Waals surface area (Å²) in [4.78, 5) is 44.9. The highest BCUT2D eigenvalue weighted by Gasteiger charge is 2.45. The van der Waals surface area contributed by atoms with Gasteiger partial charge in [-0.05, 0) is 46.0 Å². The van der Waals surface area contributed by atoms with E-state index >= 15 is 4.39 Å². The Kier molecular flexibility index (Phi) is 6.04. The SMILES string of the molecule is CN(C)C1CCN(c2nc(Cl)nc(N(C(=O)O)N(C(=O)O)C(=O)O)c2F)C1(C)C. The van der Waals surface area contributed by atoms with Crippen LogP contribution < -0.4 is 9.91 Å². The van der Waals surface area contributed by atoms with Gasteiger partial charge in [0.1, 0.15) is 0 Å². The third-order valence-corrected chi connectivity index (χ3v) is 4.92. The van der Waals surface area contributed by atoms with Crippen molar-refractivity contribution in [3.05, 3.63) is 11.1 Å². The summed E-state index contributed by atoms with van der Waals surface area (Å²) in [5, 5.41) is 25.9. The number of nitrogens with zero attached hydrogens (tertiary/aromatic N) is 6. The number of carboxylic acid groups (broad SMARTS) is 3. The van der Waals surface area contributed by atoms with Crippen molar-refractivity contribution in [2.75, 3.05) is 30.5 Å². The Balaban J connectivity index is 2.65. The Labute approximate surface area is 169 Å². The van der Waals surface area contributed by atoms with Gasteiger partial charge in [0.25, 0.3) is 0 Å². The van der Waals surface area contributed by atoms with Crippen LogP contribution in [0.15, 0.2) is 0 Å². The summed E-state index contributed by atoms with van der Waals surface area (Å²) in [5.41, 5.74) is -0.660. The molecule has 0 aromatic carbocycles. The molecular weight excluding hydrogens is 415 g/mol. The zero-order valence-electron chi connectivity index (χ0n) is 16.0. The molecule has 0 aliphatic carbocycles. The van der Waals surface area contributed by atoms with Gasteiger partial charge in [0.15, 0.2) is 5.82 Å². The lowest BCUT2D eigenvalue weighted by atomic mass is 9.95. The molecule has 1 unspecified atom stereocenters. The summed E-state index contributed by atoms with van der Waals surface area (Å²) in [6.45, 7) is 4.00. The van der Waals surface area contributed by atoms with Gasteiger partial charge in [-0.1, -0.05) is 0 Å². The van der Waals surface area contributed by atoms with Crippen molar-refractivity contribution in [3.63, 3.8) is 0 Å². The van der Waals surface area contributed by atoms with Crippen LogP contribution in [0.5, 0.6) is 0 Å². The number of likely N-dealkylation sites (N-methyl/N-ethyl adjacent to an activating group) is 1. The molecule has 12 nitrogen and oxygen atoms in total. The molecule has 14 heteroatoms. The molecule has 160 valence electrons. The third-order valence-electron chi connectivity index (χ3n) is 4.75. The predicted octanol–water partition coefficient (Wildman–Crippen LogP) is 2.25. The topological polar surface area (TPSA) is 151 Å². The molecule has 2 heterocycles. The quantitative estimate of drug-likeness (QED) is 0.477. The minimum Gasteiger partial charge on any atom is -0.463 e. The van der Waals surface area contributed by atoms with E-state index in [9.17, 15) is 19.5 Å². The second kappa shape index (κ2) is 7.83. The molecule has 0 spiro atoms. The number of imide groups is 1. The van der Waals surface area contributed by atoms with E-state index in [-0.39, 0.29) is 16.9 Å². The Morgan fingerprint density at radius 3 is 2.10 bits per heavy atom. The first kappa shape index (κ1) is 22.4. The van der Waals surface area contributed by atoms with Gasteiger partial charge >= 0.3 is 18.3 Å². The normalized spacial score (nSPS) is 18.0. The van der Waals surface area contributed by atoms with E-state index in [2.05, 4.69) is 9.97 Å². The maximum absolute atomic E-state index is 15.3. The van der Waals surface area contributed by atoms with Gasteiger partial charge in [-0.15, -0.1) is 10.0 Å². The van der Waals surface area contributed by atoms with E-state index in [1.807, 2.05) is 32.8 Å². The number of anilines is 2. The van der Waals surface area contributed by atoms with E-state index < -0.39 is 45.7 Å². The number of carbonyl (C=O) groups is 3. The van der Waals surface area contributed by atoms with E-state index in [4.69, 9.17) is 21.8 Å². The third kappa shape index (κ3) is 3.96.